The van der Waals surface area contributed by atoms with Crippen molar-refractivity contribution in [3.05, 3.63) is 64.2 Å². The number of anilines is 1. The standard InChI is InChI=1S/C20H23ClN2O2/c1-14-5-3-6-15(2)20(14)23-19(25)13-22-18(24)8-4-7-16-9-11-17(21)12-10-16/h3,5-6,9-12H,4,7-8,13H2,1-2H3,(H,22,24)(H,23,25). The van der Waals surface area contributed by atoms with Gasteiger partial charge in [0.1, 0.15) is 0 Å². The van der Waals surface area contributed by atoms with Crippen molar-refractivity contribution in [3.63, 3.8) is 0 Å². The van der Waals surface area contributed by atoms with Crippen LogP contribution in [0, 0.1) is 13.8 Å². The summed E-state index contributed by atoms with van der Waals surface area (Å²) in [5.74, 6) is -0.339. The summed E-state index contributed by atoms with van der Waals surface area (Å²) >= 11 is 5.84. The minimum absolute atomic E-state index is 0.0203. The minimum Gasteiger partial charge on any atom is -0.347 e. The molecule has 0 aliphatic rings. The summed E-state index contributed by atoms with van der Waals surface area (Å²) in [5, 5.41) is 6.22. The summed E-state index contributed by atoms with van der Waals surface area (Å²) in [6, 6.07) is 13.4. The number of hydrogen-bond donors (Lipinski definition) is 2. The molecular weight excluding hydrogens is 336 g/mol. The summed E-state index contributed by atoms with van der Waals surface area (Å²) in [5.41, 5.74) is 3.96. The second-order valence-corrected chi connectivity index (χ2v) is 6.51. The van der Waals surface area contributed by atoms with Gasteiger partial charge >= 0.3 is 0 Å². The summed E-state index contributed by atoms with van der Waals surface area (Å²) in [4.78, 5) is 23.9. The molecule has 0 unspecified atom stereocenters. The van der Waals surface area contributed by atoms with Crippen molar-refractivity contribution in [2.75, 3.05) is 11.9 Å². The van der Waals surface area contributed by atoms with E-state index in [2.05, 4.69) is 10.6 Å². The van der Waals surface area contributed by atoms with Crippen molar-refractivity contribution in [1.29, 1.82) is 0 Å². The summed E-state index contributed by atoms with van der Waals surface area (Å²) in [6.07, 6.45) is 1.92. The summed E-state index contributed by atoms with van der Waals surface area (Å²) in [6.45, 7) is 3.86. The molecule has 0 aliphatic carbocycles. The topological polar surface area (TPSA) is 58.2 Å². The first-order valence-electron chi connectivity index (χ1n) is 8.33. The predicted molar refractivity (Wildman–Crippen MR) is 102 cm³/mol. The van der Waals surface area contributed by atoms with Crippen molar-refractivity contribution < 1.29 is 9.59 Å². The molecule has 0 saturated heterocycles. The number of para-hydroxylation sites is 1. The molecule has 0 aliphatic heterocycles. The Hall–Kier alpha value is -2.33. The highest BCUT2D eigenvalue weighted by molar-refractivity contribution is 6.30. The smallest absolute Gasteiger partial charge is 0.243 e. The molecule has 0 bridgehead atoms. The van der Waals surface area contributed by atoms with Crippen LogP contribution in [0.4, 0.5) is 5.69 Å². The van der Waals surface area contributed by atoms with Crippen molar-refractivity contribution in [2.24, 2.45) is 0 Å². The van der Waals surface area contributed by atoms with E-state index in [4.69, 9.17) is 11.6 Å². The molecular formula is C20H23ClN2O2. The largest absolute Gasteiger partial charge is 0.347 e. The van der Waals surface area contributed by atoms with E-state index in [0.717, 1.165) is 35.2 Å². The maximum absolute atomic E-state index is 12.0. The van der Waals surface area contributed by atoms with Gasteiger partial charge in [0, 0.05) is 17.1 Å². The number of amides is 2. The van der Waals surface area contributed by atoms with Gasteiger partial charge in [0.25, 0.3) is 0 Å². The van der Waals surface area contributed by atoms with Crippen LogP contribution in [0.5, 0.6) is 0 Å². The zero-order valence-electron chi connectivity index (χ0n) is 14.6. The van der Waals surface area contributed by atoms with Gasteiger partial charge in [0.05, 0.1) is 6.54 Å². The maximum atomic E-state index is 12.0. The van der Waals surface area contributed by atoms with Crippen LogP contribution in [0.2, 0.25) is 5.02 Å². The van der Waals surface area contributed by atoms with Gasteiger partial charge in [-0.1, -0.05) is 41.9 Å². The fourth-order valence-electron chi connectivity index (χ4n) is 2.57. The highest BCUT2D eigenvalue weighted by atomic mass is 35.5. The van der Waals surface area contributed by atoms with E-state index in [0.29, 0.717) is 11.4 Å². The Morgan fingerprint density at radius 2 is 1.60 bits per heavy atom. The van der Waals surface area contributed by atoms with Gasteiger partial charge in [-0.15, -0.1) is 0 Å². The van der Waals surface area contributed by atoms with Gasteiger partial charge in [-0.3, -0.25) is 9.59 Å². The predicted octanol–water partition coefficient (Wildman–Crippen LogP) is 4.03. The Labute approximate surface area is 153 Å². The molecule has 2 rings (SSSR count). The Morgan fingerprint density at radius 3 is 2.24 bits per heavy atom. The number of halogens is 1. The van der Waals surface area contributed by atoms with Crippen LogP contribution in [0.3, 0.4) is 0 Å². The van der Waals surface area contributed by atoms with Crippen LogP contribution in [-0.4, -0.2) is 18.4 Å². The number of benzene rings is 2. The van der Waals surface area contributed by atoms with E-state index in [1.165, 1.54) is 0 Å². The maximum Gasteiger partial charge on any atom is 0.243 e. The lowest BCUT2D eigenvalue weighted by atomic mass is 10.1. The normalized spacial score (nSPS) is 10.4. The lowest BCUT2D eigenvalue weighted by Crippen LogP contribution is -2.33. The molecule has 0 spiro atoms. The molecule has 0 saturated carbocycles. The third-order valence-corrected chi connectivity index (χ3v) is 4.23. The highest BCUT2D eigenvalue weighted by Crippen LogP contribution is 2.19. The number of carbonyl (C=O) groups is 2. The van der Waals surface area contributed by atoms with Crippen LogP contribution < -0.4 is 10.6 Å². The van der Waals surface area contributed by atoms with Gasteiger partial charge in [0.15, 0.2) is 0 Å². The first-order chi connectivity index (χ1) is 12.0. The molecule has 2 aromatic rings. The molecule has 4 nitrogen and oxygen atoms in total. The molecule has 132 valence electrons. The monoisotopic (exact) mass is 358 g/mol. The lowest BCUT2D eigenvalue weighted by molar-refractivity contribution is -0.124. The molecule has 0 aromatic heterocycles. The average Bonchev–Trinajstić information content (AvgIpc) is 2.58. The minimum atomic E-state index is -0.219. The number of aryl methyl sites for hydroxylation is 3. The van der Waals surface area contributed by atoms with Crippen molar-refractivity contribution in [1.82, 2.24) is 5.32 Å². The molecule has 2 N–H and O–H groups in total. The van der Waals surface area contributed by atoms with E-state index in [1.807, 2.05) is 56.3 Å². The second kappa shape index (κ2) is 9.23. The third-order valence-electron chi connectivity index (χ3n) is 3.97. The van der Waals surface area contributed by atoms with E-state index >= 15 is 0 Å². The fraction of sp³-hybridized carbons (Fsp3) is 0.300. The van der Waals surface area contributed by atoms with Crippen molar-refractivity contribution >= 4 is 29.1 Å². The van der Waals surface area contributed by atoms with Crippen molar-refractivity contribution in [2.45, 2.75) is 33.1 Å². The zero-order chi connectivity index (χ0) is 18.2. The highest BCUT2D eigenvalue weighted by Gasteiger charge is 2.09. The van der Waals surface area contributed by atoms with Crippen LogP contribution in [-0.2, 0) is 16.0 Å². The SMILES string of the molecule is Cc1cccc(C)c1NC(=O)CNC(=O)CCCc1ccc(Cl)cc1. The Balaban J connectivity index is 1.70. The van der Waals surface area contributed by atoms with Crippen LogP contribution in [0.15, 0.2) is 42.5 Å². The molecule has 0 radical (unpaired) electrons. The molecule has 0 fully saturated rings. The average molecular weight is 359 g/mol. The van der Waals surface area contributed by atoms with Crippen LogP contribution in [0.25, 0.3) is 0 Å². The number of carbonyl (C=O) groups excluding carboxylic acids is 2. The molecule has 2 aromatic carbocycles. The summed E-state index contributed by atoms with van der Waals surface area (Å²) in [7, 11) is 0. The van der Waals surface area contributed by atoms with Crippen LogP contribution >= 0.6 is 11.6 Å². The van der Waals surface area contributed by atoms with E-state index in [9.17, 15) is 9.59 Å². The Kier molecular flexibility index (Phi) is 7.02. The van der Waals surface area contributed by atoms with Gasteiger partial charge in [-0.25, -0.2) is 0 Å². The van der Waals surface area contributed by atoms with Gasteiger partial charge in [0.2, 0.25) is 11.8 Å². The second-order valence-electron chi connectivity index (χ2n) is 6.07. The molecule has 25 heavy (non-hydrogen) atoms. The molecule has 5 heteroatoms. The number of hydrogen-bond acceptors (Lipinski definition) is 2. The Bertz CT molecular complexity index is 722. The number of nitrogens with one attached hydrogen (secondary N) is 2. The first-order valence-corrected chi connectivity index (χ1v) is 8.70. The Morgan fingerprint density at radius 1 is 0.960 bits per heavy atom. The van der Waals surface area contributed by atoms with Crippen LogP contribution in [0.1, 0.15) is 29.5 Å². The van der Waals surface area contributed by atoms with Gasteiger partial charge in [-0.2, -0.15) is 0 Å². The van der Waals surface area contributed by atoms with E-state index in [1.54, 1.807) is 0 Å². The molecule has 0 heterocycles. The first kappa shape index (κ1) is 19.0. The zero-order valence-corrected chi connectivity index (χ0v) is 15.3. The molecule has 2 amide bonds. The van der Waals surface area contributed by atoms with E-state index < -0.39 is 0 Å². The quantitative estimate of drug-likeness (QED) is 0.784. The fourth-order valence-corrected chi connectivity index (χ4v) is 2.69. The van der Waals surface area contributed by atoms with Gasteiger partial charge < -0.3 is 10.6 Å². The third kappa shape index (κ3) is 6.24. The van der Waals surface area contributed by atoms with Crippen molar-refractivity contribution in [3.8, 4) is 0 Å². The van der Waals surface area contributed by atoms with Gasteiger partial charge in [-0.05, 0) is 55.5 Å². The van der Waals surface area contributed by atoms with E-state index in [-0.39, 0.29) is 18.4 Å². The lowest BCUT2D eigenvalue weighted by Gasteiger charge is -2.12. The molecule has 0 atom stereocenters. The number of rotatable bonds is 7. The summed E-state index contributed by atoms with van der Waals surface area (Å²) < 4.78 is 0.